The summed E-state index contributed by atoms with van der Waals surface area (Å²) in [7, 11) is 4.10. The molecule has 5 aromatic rings. The molecule has 0 unspecified atom stereocenters. The number of fused-ring (bicyclic) bond motifs is 3. The minimum atomic E-state index is -3.95. The smallest absolute Gasteiger partial charge is 0.269 e. The van der Waals surface area contributed by atoms with Gasteiger partial charge in [-0.1, -0.05) is 18.2 Å². The largest absolute Gasteiger partial charge is 0.384 e. The molecule has 0 saturated heterocycles. The van der Waals surface area contributed by atoms with Gasteiger partial charge in [-0.15, -0.1) is 0 Å². The molecule has 8 nitrogen and oxygen atoms in total. The average molecular weight is 414 g/mol. The lowest BCUT2D eigenvalue weighted by atomic mass is 9.91. The van der Waals surface area contributed by atoms with Crippen LogP contribution in [0.25, 0.3) is 33.1 Å². The molecular formula is C20H15BN6O2S. The number of nitrogen functional groups attached to an aromatic ring is 1. The fourth-order valence-corrected chi connectivity index (χ4v) is 5.04. The van der Waals surface area contributed by atoms with Gasteiger partial charge in [0.2, 0.25) is 0 Å². The predicted octanol–water partition coefficient (Wildman–Crippen LogP) is 1.60. The number of aryl methyl sites for hydroxylation is 1. The Morgan fingerprint density at radius 3 is 2.50 bits per heavy atom. The van der Waals surface area contributed by atoms with Gasteiger partial charge in [0, 0.05) is 41.3 Å². The zero-order chi connectivity index (χ0) is 21.0. The maximum absolute atomic E-state index is 13.5. The fourth-order valence-electron chi connectivity index (χ4n) is 3.55. The van der Waals surface area contributed by atoms with Crippen LogP contribution in [0.3, 0.4) is 0 Å². The van der Waals surface area contributed by atoms with Crippen molar-refractivity contribution in [3.8, 4) is 11.1 Å². The molecule has 0 amide bonds. The third kappa shape index (κ3) is 2.61. The third-order valence-electron chi connectivity index (χ3n) is 4.99. The first kappa shape index (κ1) is 18.4. The third-order valence-corrected chi connectivity index (χ3v) is 6.71. The molecule has 0 bridgehead atoms. The minimum absolute atomic E-state index is 0.130. The summed E-state index contributed by atoms with van der Waals surface area (Å²) < 4.78 is 29.8. The van der Waals surface area contributed by atoms with Crippen molar-refractivity contribution in [3.63, 3.8) is 0 Å². The first-order valence-electron chi connectivity index (χ1n) is 9.01. The molecule has 2 radical (unpaired) electrons. The van der Waals surface area contributed by atoms with Gasteiger partial charge in [-0.05, 0) is 23.7 Å². The van der Waals surface area contributed by atoms with E-state index in [1.54, 1.807) is 35.3 Å². The van der Waals surface area contributed by atoms with Crippen molar-refractivity contribution in [2.45, 2.75) is 4.90 Å². The molecule has 0 aliphatic rings. The molecule has 4 heterocycles. The van der Waals surface area contributed by atoms with Crippen LogP contribution < -0.4 is 11.2 Å². The number of hydrogen-bond donors (Lipinski definition) is 1. The number of nitrogens with zero attached hydrogens (tertiary/aromatic N) is 5. The Kier molecular flexibility index (Phi) is 3.94. The Morgan fingerprint density at radius 2 is 1.80 bits per heavy atom. The molecule has 10 heteroatoms. The summed E-state index contributed by atoms with van der Waals surface area (Å²) in [5, 5.41) is 5.25. The SMILES string of the molecule is [B]c1c(N)ncc2c1c1cc(-c3cnn(C)c3)cnc1n2S(=O)(=O)c1ccccc1. The van der Waals surface area contributed by atoms with Crippen LogP contribution in [-0.4, -0.2) is 40.0 Å². The molecule has 0 atom stereocenters. The van der Waals surface area contributed by atoms with E-state index in [4.69, 9.17) is 13.6 Å². The number of benzene rings is 1. The van der Waals surface area contributed by atoms with Gasteiger partial charge in [-0.25, -0.2) is 22.4 Å². The van der Waals surface area contributed by atoms with E-state index in [9.17, 15) is 8.42 Å². The molecule has 0 fully saturated rings. The van der Waals surface area contributed by atoms with E-state index in [0.717, 1.165) is 11.1 Å². The maximum Gasteiger partial charge on any atom is 0.269 e. The standard InChI is InChI=1S/C20H15BN6O2S/c1-26-11-13(9-25-26)12-7-15-17-16(10-23-19(22)18(17)21)27(20(15)24-8-12)30(28,29)14-5-3-2-4-6-14/h2-11H,1H3,(H2,22,23). The summed E-state index contributed by atoms with van der Waals surface area (Å²) in [5.74, 6) is 0.130. The highest BCUT2D eigenvalue weighted by atomic mass is 32.2. The Bertz CT molecular complexity index is 1540. The highest BCUT2D eigenvalue weighted by molar-refractivity contribution is 7.90. The Labute approximate surface area is 173 Å². The zero-order valence-corrected chi connectivity index (χ0v) is 16.7. The quantitative estimate of drug-likeness (QED) is 0.450. The number of hydrogen-bond acceptors (Lipinski definition) is 6. The van der Waals surface area contributed by atoms with Gasteiger partial charge in [-0.3, -0.25) is 4.68 Å². The van der Waals surface area contributed by atoms with Crippen LogP contribution in [0.5, 0.6) is 0 Å². The topological polar surface area (TPSA) is 109 Å². The van der Waals surface area contributed by atoms with Gasteiger partial charge in [0.05, 0.1) is 22.8 Å². The van der Waals surface area contributed by atoms with Gasteiger partial charge in [0.25, 0.3) is 10.0 Å². The van der Waals surface area contributed by atoms with Gasteiger partial charge in [0.15, 0.2) is 5.65 Å². The summed E-state index contributed by atoms with van der Waals surface area (Å²) in [4.78, 5) is 8.71. The number of pyridine rings is 2. The van der Waals surface area contributed by atoms with E-state index in [0.29, 0.717) is 16.3 Å². The van der Waals surface area contributed by atoms with E-state index < -0.39 is 10.0 Å². The predicted molar refractivity (Wildman–Crippen MR) is 116 cm³/mol. The van der Waals surface area contributed by atoms with Crippen molar-refractivity contribution >= 4 is 51.1 Å². The average Bonchev–Trinajstić information content (AvgIpc) is 3.32. The molecule has 1 aromatic carbocycles. The zero-order valence-electron chi connectivity index (χ0n) is 15.9. The lowest BCUT2D eigenvalue weighted by molar-refractivity contribution is 0.590. The van der Waals surface area contributed by atoms with E-state index in [2.05, 4.69) is 15.1 Å². The Hall–Kier alpha value is -3.66. The second kappa shape index (κ2) is 6.43. The lowest BCUT2D eigenvalue weighted by Gasteiger charge is -2.09. The molecule has 0 saturated carbocycles. The Balaban J connectivity index is 1.90. The number of rotatable bonds is 3. The van der Waals surface area contributed by atoms with Crippen LogP contribution >= 0.6 is 0 Å². The highest BCUT2D eigenvalue weighted by Crippen LogP contribution is 2.33. The summed E-state index contributed by atoms with van der Waals surface area (Å²) in [5.41, 5.74) is 8.34. The van der Waals surface area contributed by atoms with Crippen molar-refractivity contribution in [1.29, 1.82) is 0 Å². The van der Waals surface area contributed by atoms with Crippen LogP contribution in [-0.2, 0) is 17.1 Å². The van der Waals surface area contributed by atoms with Crippen LogP contribution in [0.15, 0.2) is 66.1 Å². The molecule has 146 valence electrons. The highest BCUT2D eigenvalue weighted by Gasteiger charge is 2.26. The number of aromatic nitrogens is 5. The summed E-state index contributed by atoms with van der Waals surface area (Å²) >= 11 is 0. The van der Waals surface area contributed by atoms with Crippen LogP contribution in [0.4, 0.5) is 5.82 Å². The Morgan fingerprint density at radius 1 is 1.03 bits per heavy atom. The molecule has 0 aliphatic heterocycles. The van der Waals surface area contributed by atoms with Crippen molar-refractivity contribution in [3.05, 3.63) is 61.2 Å². The number of nitrogens with two attached hydrogens (primary N) is 1. The van der Waals surface area contributed by atoms with Crippen molar-refractivity contribution < 1.29 is 8.42 Å². The maximum atomic E-state index is 13.5. The first-order chi connectivity index (χ1) is 14.4. The monoisotopic (exact) mass is 414 g/mol. The molecular weight excluding hydrogens is 399 g/mol. The van der Waals surface area contributed by atoms with Crippen molar-refractivity contribution in [2.75, 3.05) is 5.73 Å². The molecule has 5 rings (SSSR count). The number of anilines is 1. The summed E-state index contributed by atoms with van der Waals surface area (Å²) in [6.07, 6.45) is 6.58. The van der Waals surface area contributed by atoms with Crippen molar-refractivity contribution in [2.24, 2.45) is 7.05 Å². The van der Waals surface area contributed by atoms with Gasteiger partial charge in [0.1, 0.15) is 13.7 Å². The van der Waals surface area contributed by atoms with E-state index in [-0.39, 0.29) is 21.8 Å². The molecule has 4 aromatic heterocycles. The molecule has 0 aliphatic carbocycles. The van der Waals surface area contributed by atoms with E-state index in [1.165, 1.54) is 22.3 Å². The lowest BCUT2D eigenvalue weighted by Crippen LogP contribution is -2.16. The van der Waals surface area contributed by atoms with Gasteiger partial charge in [-0.2, -0.15) is 5.10 Å². The van der Waals surface area contributed by atoms with Crippen LogP contribution in [0.1, 0.15) is 0 Å². The van der Waals surface area contributed by atoms with Crippen molar-refractivity contribution in [1.82, 2.24) is 23.7 Å². The van der Waals surface area contributed by atoms with Crippen LogP contribution in [0, 0.1) is 0 Å². The molecule has 30 heavy (non-hydrogen) atoms. The first-order valence-corrected chi connectivity index (χ1v) is 10.5. The molecule has 0 spiro atoms. The van der Waals surface area contributed by atoms with Gasteiger partial charge < -0.3 is 5.73 Å². The second-order valence-electron chi connectivity index (χ2n) is 6.90. The fraction of sp³-hybridized carbons (Fsp3) is 0.0500. The second-order valence-corrected chi connectivity index (χ2v) is 8.68. The molecule has 2 N–H and O–H groups in total. The van der Waals surface area contributed by atoms with E-state index >= 15 is 0 Å². The van der Waals surface area contributed by atoms with Crippen LogP contribution in [0.2, 0.25) is 0 Å². The minimum Gasteiger partial charge on any atom is -0.384 e. The van der Waals surface area contributed by atoms with Gasteiger partial charge >= 0.3 is 0 Å². The van der Waals surface area contributed by atoms with E-state index in [1.807, 2.05) is 19.3 Å². The normalized spacial score (nSPS) is 12.0. The summed E-state index contributed by atoms with van der Waals surface area (Å²) in [6, 6.07) is 9.99. The summed E-state index contributed by atoms with van der Waals surface area (Å²) in [6.45, 7) is 0.